The van der Waals surface area contributed by atoms with E-state index in [9.17, 15) is 18.3 Å². The van der Waals surface area contributed by atoms with Crippen molar-refractivity contribution in [2.24, 2.45) is 0 Å². The maximum absolute atomic E-state index is 13.1. The first-order chi connectivity index (χ1) is 16.2. The van der Waals surface area contributed by atoms with Crippen LogP contribution < -0.4 is 4.74 Å². The molecule has 4 rings (SSSR count). The number of ether oxygens (including phenoxy) is 1. The van der Waals surface area contributed by atoms with Crippen molar-refractivity contribution >= 4 is 0 Å². The van der Waals surface area contributed by atoms with E-state index in [2.05, 4.69) is 16.8 Å². The van der Waals surface area contributed by atoms with Gasteiger partial charge in [0.2, 0.25) is 0 Å². The van der Waals surface area contributed by atoms with Gasteiger partial charge in [0.1, 0.15) is 5.75 Å². The van der Waals surface area contributed by atoms with Crippen molar-refractivity contribution in [1.82, 2.24) is 9.80 Å². The lowest BCUT2D eigenvalue weighted by Gasteiger charge is -2.43. The Balaban J connectivity index is 1.69. The molecule has 0 aromatic heterocycles. The molecule has 1 heterocycles. The molecule has 1 N–H and O–H groups in total. The molecule has 1 aliphatic carbocycles. The number of hydrogen-bond acceptors (Lipinski definition) is 4. The molecule has 2 aromatic rings. The second kappa shape index (κ2) is 10.3. The summed E-state index contributed by atoms with van der Waals surface area (Å²) in [6.07, 6.45) is 0.334. The molecule has 2 fully saturated rings. The van der Waals surface area contributed by atoms with Gasteiger partial charge in [0.05, 0.1) is 18.3 Å². The monoisotopic (exact) mass is 476 g/mol. The minimum absolute atomic E-state index is 0.0738. The Kier molecular flexibility index (Phi) is 7.55. The summed E-state index contributed by atoms with van der Waals surface area (Å²) in [6.45, 7) is 4.70. The number of hydrogen-bond donors (Lipinski definition) is 1. The van der Waals surface area contributed by atoms with Crippen molar-refractivity contribution in [3.63, 3.8) is 0 Å². The summed E-state index contributed by atoms with van der Waals surface area (Å²) >= 11 is 0. The molecule has 1 saturated carbocycles. The van der Waals surface area contributed by atoms with E-state index in [0.29, 0.717) is 11.3 Å². The lowest BCUT2D eigenvalue weighted by atomic mass is 9.72. The maximum atomic E-state index is 13.1. The zero-order valence-corrected chi connectivity index (χ0v) is 20.1. The average Bonchev–Trinajstić information content (AvgIpc) is 2.83. The summed E-state index contributed by atoms with van der Waals surface area (Å²) in [7, 11) is 3.70. The Morgan fingerprint density at radius 1 is 0.971 bits per heavy atom. The van der Waals surface area contributed by atoms with Crippen LogP contribution in [-0.2, 0) is 6.18 Å². The van der Waals surface area contributed by atoms with Gasteiger partial charge in [-0.3, -0.25) is 0 Å². The Labute approximate surface area is 200 Å². The molecule has 0 spiro atoms. The second-order valence-electron chi connectivity index (χ2n) is 9.86. The number of nitrogens with zero attached hydrogens (tertiary/aromatic N) is 2. The quantitative estimate of drug-likeness (QED) is 0.605. The molecule has 2 aliphatic rings. The Bertz CT molecular complexity index is 947. The number of aliphatic hydroxyl groups is 1. The van der Waals surface area contributed by atoms with Gasteiger partial charge in [-0.25, -0.2) is 0 Å². The van der Waals surface area contributed by atoms with Gasteiger partial charge < -0.3 is 19.6 Å². The third-order valence-electron chi connectivity index (χ3n) is 7.55. The van der Waals surface area contributed by atoms with Crippen molar-refractivity contribution < 1.29 is 23.0 Å². The van der Waals surface area contributed by atoms with Crippen LogP contribution in [0.2, 0.25) is 0 Å². The predicted octanol–water partition coefficient (Wildman–Crippen LogP) is 5.41. The van der Waals surface area contributed by atoms with Gasteiger partial charge >= 0.3 is 6.18 Å². The van der Waals surface area contributed by atoms with Gasteiger partial charge in [-0.2, -0.15) is 13.2 Å². The van der Waals surface area contributed by atoms with E-state index in [1.807, 2.05) is 18.2 Å². The highest BCUT2D eigenvalue weighted by atomic mass is 19.4. The zero-order valence-electron chi connectivity index (χ0n) is 20.1. The minimum Gasteiger partial charge on any atom is -0.496 e. The second-order valence-corrected chi connectivity index (χ2v) is 9.86. The Morgan fingerprint density at radius 2 is 1.62 bits per heavy atom. The van der Waals surface area contributed by atoms with Crippen molar-refractivity contribution in [3.8, 4) is 16.9 Å². The van der Waals surface area contributed by atoms with Crippen LogP contribution >= 0.6 is 0 Å². The van der Waals surface area contributed by atoms with Gasteiger partial charge in [0, 0.05) is 44.2 Å². The molecular formula is C27H35F3N2O2. The molecule has 186 valence electrons. The Morgan fingerprint density at radius 3 is 2.21 bits per heavy atom. The van der Waals surface area contributed by atoms with Crippen LogP contribution in [0, 0.1) is 0 Å². The van der Waals surface area contributed by atoms with E-state index in [1.54, 1.807) is 7.11 Å². The van der Waals surface area contributed by atoms with Gasteiger partial charge in [-0.15, -0.1) is 0 Å². The van der Waals surface area contributed by atoms with Gasteiger partial charge in [-0.1, -0.05) is 37.5 Å². The molecule has 4 nitrogen and oxygen atoms in total. The molecular weight excluding hydrogens is 441 g/mol. The molecule has 0 amide bonds. The largest absolute Gasteiger partial charge is 0.496 e. The zero-order chi connectivity index (χ0) is 24.3. The van der Waals surface area contributed by atoms with Crippen molar-refractivity contribution in [3.05, 3.63) is 53.6 Å². The summed E-state index contributed by atoms with van der Waals surface area (Å²) in [5, 5.41) is 11.8. The number of likely N-dealkylation sites (N-methyl/N-ethyl adjacent to an activating group) is 1. The van der Waals surface area contributed by atoms with E-state index >= 15 is 0 Å². The predicted molar refractivity (Wildman–Crippen MR) is 128 cm³/mol. The first-order valence-electron chi connectivity index (χ1n) is 12.2. The number of halogens is 3. The maximum Gasteiger partial charge on any atom is 0.416 e. The van der Waals surface area contributed by atoms with Crippen LogP contribution in [0.1, 0.15) is 49.1 Å². The van der Waals surface area contributed by atoms with E-state index in [1.165, 1.54) is 12.1 Å². The Hall–Kier alpha value is -2.09. The third-order valence-corrected chi connectivity index (χ3v) is 7.55. The van der Waals surface area contributed by atoms with Gasteiger partial charge in [0.25, 0.3) is 0 Å². The van der Waals surface area contributed by atoms with Crippen molar-refractivity contribution in [2.75, 3.05) is 46.9 Å². The van der Waals surface area contributed by atoms with Crippen LogP contribution in [-0.4, -0.2) is 67.4 Å². The molecule has 34 heavy (non-hydrogen) atoms. The number of benzene rings is 2. The van der Waals surface area contributed by atoms with Crippen molar-refractivity contribution in [1.29, 1.82) is 0 Å². The van der Waals surface area contributed by atoms with Crippen LogP contribution in [0.3, 0.4) is 0 Å². The molecule has 1 aliphatic heterocycles. The minimum atomic E-state index is -4.37. The SMILES string of the molecule is COc1ccc(C(CN2CCN(C)CC2)C2(O)CCCCC2)cc1-c1ccc(C(F)(F)F)cc1. The standard InChI is InChI=1S/C27H35F3N2O2/c1-31-14-16-32(17-15-31)19-24(26(33)12-4-3-5-13-26)21-8-11-25(34-2)23(18-21)20-6-9-22(10-7-20)27(28,29)30/h6-11,18,24,33H,3-5,12-17,19H2,1-2H3. The molecule has 7 heteroatoms. The molecule has 1 atom stereocenters. The van der Waals surface area contributed by atoms with E-state index in [4.69, 9.17) is 4.74 Å². The molecule has 0 radical (unpaired) electrons. The number of piperazine rings is 1. The first-order valence-corrected chi connectivity index (χ1v) is 12.2. The smallest absolute Gasteiger partial charge is 0.416 e. The fourth-order valence-corrected chi connectivity index (χ4v) is 5.39. The van der Waals surface area contributed by atoms with Crippen LogP contribution in [0.5, 0.6) is 5.75 Å². The highest BCUT2D eigenvalue weighted by Crippen LogP contribution is 2.43. The van der Waals surface area contributed by atoms with Crippen LogP contribution in [0.25, 0.3) is 11.1 Å². The molecule has 2 aromatic carbocycles. The average molecular weight is 477 g/mol. The van der Waals surface area contributed by atoms with Crippen LogP contribution in [0.4, 0.5) is 13.2 Å². The third kappa shape index (κ3) is 5.58. The van der Waals surface area contributed by atoms with Gasteiger partial charge in [-0.05, 0) is 55.3 Å². The highest BCUT2D eigenvalue weighted by Gasteiger charge is 2.40. The molecule has 0 bridgehead atoms. The topological polar surface area (TPSA) is 35.9 Å². The lowest BCUT2D eigenvalue weighted by Crippen LogP contribution is -2.50. The summed E-state index contributed by atoms with van der Waals surface area (Å²) in [6, 6.07) is 11.1. The summed E-state index contributed by atoms with van der Waals surface area (Å²) in [5.74, 6) is 0.535. The number of rotatable bonds is 6. The number of alkyl halides is 3. The number of methoxy groups -OCH3 is 1. The highest BCUT2D eigenvalue weighted by molar-refractivity contribution is 5.71. The van der Waals surface area contributed by atoms with E-state index in [0.717, 1.165) is 88.1 Å². The van der Waals surface area contributed by atoms with Crippen LogP contribution in [0.15, 0.2) is 42.5 Å². The fraction of sp³-hybridized carbons (Fsp3) is 0.556. The summed E-state index contributed by atoms with van der Waals surface area (Å²) < 4.78 is 44.8. The van der Waals surface area contributed by atoms with E-state index in [-0.39, 0.29) is 5.92 Å². The summed E-state index contributed by atoms with van der Waals surface area (Å²) in [5.41, 5.74) is 0.972. The van der Waals surface area contributed by atoms with Gasteiger partial charge in [0.15, 0.2) is 0 Å². The normalized spacial score (nSPS) is 20.8. The van der Waals surface area contributed by atoms with Crippen molar-refractivity contribution in [2.45, 2.75) is 49.8 Å². The summed E-state index contributed by atoms with van der Waals surface area (Å²) in [4.78, 5) is 4.75. The lowest BCUT2D eigenvalue weighted by molar-refractivity contribution is -0.137. The molecule has 1 unspecified atom stereocenters. The molecule has 1 saturated heterocycles. The first kappa shape index (κ1) is 25.0. The van der Waals surface area contributed by atoms with E-state index < -0.39 is 17.3 Å². The fourth-order valence-electron chi connectivity index (χ4n) is 5.39.